The molecule has 1 aromatic rings. The number of rotatable bonds is 2. The fourth-order valence-corrected chi connectivity index (χ4v) is 2.23. The molecule has 3 nitrogen and oxygen atoms in total. The van der Waals surface area contributed by atoms with Crippen molar-refractivity contribution >= 4 is 5.91 Å². The van der Waals surface area contributed by atoms with Gasteiger partial charge in [0.25, 0.3) is 0 Å². The van der Waals surface area contributed by atoms with E-state index in [1.54, 1.807) is 17.0 Å². The van der Waals surface area contributed by atoms with E-state index in [0.717, 1.165) is 24.9 Å². The molecular weight excluding hydrogens is 219 g/mol. The zero-order valence-electron chi connectivity index (χ0n) is 9.90. The summed E-state index contributed by atoms with van der Waals surface area (Å²) in [5.41, 5.74) is 6.70. The highest BCUT2D eigenvalue weighted by atomic mass is 19.1. The fraction of sp³-hybridized carbons (Fsp3) is 0.462. The summed E-state index contributed by atoms with van der Waals surface area (Å²) in [7, 11) is 0. The Morgan fingerprint density at radius 1 is 1.41 bits per heavy atom. The molecule has 0 saturated carbocycles. The van der Waals surface area contributed by atoms with Gasteiger partial charge in [0.15, 0.2) is 0 Å². The molecule has 2 N–H and O–H groups in total. The Balaban J connectivity index is 2.16. The van der Waals surface area contributed by atoms with E-state index in [1.807, 2.05) is 6.92 Å². The zero-order valence-corrected chi connectivity index (χ0v) is 9.90. The van der Waals surface area contributed by atoms with E-state index < -0.39 is 0 Å². The smallest absolute Gasteiger partial charge is 0.239 e. The van der Waals surface area contributed by atoms with Crippen LogP contribution in [0.25, 0.3) is 0 Å². The van der Waals surface area contributed by atoms with E-state index in [9.17, 15) is 9.18 Å². The van der Waals surface area contributed by atoms with Gasteiger partial charge >= 0.3 is 0 Å². The highest BCUT2D eigenvalue weighted by molar-refractivity contribution is 5.82. The van der Waals surface area contributed by atoms with E-state index in [1.165, 1.54) is 12.1 Å². The van der Waals surface area contributed by atoms with Gasteiger partial charge in [0.2, 0.25) is 5.91 Å². The molecule has 0 bridgehead atoms. The number of amides is 1. The molecule has 1 saturated heterocycles. The zero-order chi connectivity index (χ0) is 12.4. The first kappa shape index (κ1) is 12.0. The molecule has 0 radical (unpaired) electrons. The van der Waals surface area contributed by atoms with Gasteiger partial charge in [0.1, 0.15) is 5.82 Å². The largest absolute Gasteiger partial charge is 0.335 e. The molecule has 0 aromatic heterocycles. The Bertz CT molecular complexity index is 404. The lowest BCUT2D eigenvalue weighted by Crippen LogP contribution is -2.49. The maximum atomic E-state index is 12.8. The van der Waals surface area contributed by atoms with Gasteiger partial charge in [-0.3, -0.25) is 4.79 Å². The van der Waals surface area contributed by atoms with Crippen LogP contribution in [-0.2, 0) is 4.79 Å². The lowest BCUT2D eigenvalue weighted by Gasteiger charge is -2.35. The summed E-state index contributed by atoms with van der Waals surface area (Å²) in [4.78, 5) is 13.7. The monoisotopic (exact) mass is 236 g/mol. The van der Waals surface area contributed by atoms with Crippen molar-refractivity contribution in [1.29, 1.82) is 0 Å². The van der Waals surface area contributed by atoms with Crippen LogP contribution in [0.4, 0.5) is 4.39 Å². The van der Waals surface area contributed by atoms with E-state index >= 15 is 0 Å². The fourth-order valence-electron chi connectivity index (χ4n) is 2.23. The van der Waals surface area contributed by atoms with Crippen LogP contribution in [-0.4, -0.2) is 23.4 Å². The number of benzene rings is 1. The molecule has 92 valence electrons. The van der Waals surface area contributed by atoms with Crippen LogP contribution < -0.4 is 5.73 Å². The second-order valence-corrected chi connectivity index (χ2v) is 4.51. The minimum absolute atomic E-state index is 0.00641. The van der Waals surface area contributed by atoms with Crippen molar-refractivity contribution < 1.29 is 9.18 Å². The van der Waals surface area contributed by atoms with Gasteiger partial charge < -0.3 is 10.6 Å². The summed E-state index contributed by atoms with van der Waals surface area (Å²) in [5, 5.41) is 0. The number of nitrogens with zero attached hydrogens (tertiary/aromatic N) is 1. The molecule has 17 heavy (non-hydrogen) atoms. The van der Waals surface area contributed by atoms with E-state index in [0.29, 0.717) is 0 Å². The van der Waals surface area contributed by atoms with Gasteiger partial charge in [-0.25, -0.2) is 4.39 Å². The van der Waals surface area contributed by atoms with Gasteiger partial charge in [-0.2, -0.15) is 0 Å². The summed E-state index contributed by atoms with van der Waals surface area (Å²) in [6.45, 7) is 2.67. The Hall–Kier alpha value is -1.42. The highest BCUT2D eigenvalue weighted by Crippen LogP contribution is 2.24. The molecule has 0 spiro atoms. The number of nitrogens with two attached hydrogens (primary N) is 1. The maximum Gasteiger partial charge on any atom is 0.239 e. The van der Waals surface area contributed by atoms with Crippen LogP contribution in [0.2, 0.25) is 0 Å². The Kier molecular flexibility index (Phi) is 3.43. The third-order valence-electron chi connectivity index (χ3n) is 3.33. The quantitative estimate of drug-likeness (QED) is 0.851. The van der Waals surface area contributed by atoms with Crippen LogP contribution in [0.15, 0.2) is 24.3 Å². The molecule has 2 rings (SSSR count). The molecule has 4 heteroatoms. The standard InChI is InChI=1S/C13H17FN2O/c1-9(10-4-6-11(14)7-5-10)16-8-2-3-12(15)13(16)17/h4-7,9,12H,2-3,8,15H2,1H3/t9-,12+/m1/s1. The molecule has 1 amide bonds. The number of carbonyl (C=O) groups is 1. The summed E-state index contributed by atoms with van der Waals surface area (Å²) in [5.74, 6) is -0.268. The second kappa shape index (κ2) is 4.84. The van der Waals surface area contributed by atoms with Gasteiger partial charge in [0, 0.05) is 6.54 Å². The van der Waals surface area contributed by atoms with Crippen molar-refractivity contribution in [3.8, 4) is 0 Å². The van der Waals surface area contributed by atoms with Gasteiger partial charge in [0.05, 0.1) is 12.1 Å². The van der Waals surface area contributed by atoms with Crippen LogP contribution in [0.3, 0.4) is 0 Å². The SMILES string of the molecule is C[C@H](c1ccc(F)cc1)N1CCC[C@H](N)C1=O. The van der Waals surface area contributed by atoms with Gasteiger partial charge in [-0.05, 0) is 37.5 Å². The van der Waals surface area contributed by atoms with E-state index in [2.05, 4.69) is 0 Å². The number of halogens is 1. The first-order valence-electron chi connectivity index (χ1n) is 5.91. The first-order chi connectivity index (χ1) is 8.09. The Morgan fingerprint density at radius 3 is 2.71 bits per heavy atom. The number of hydrogen-bond acceptors (Lipinski definition) is 2. The van der Waals surface area contributed by atoms with Crippen LogP contribution >= 0.6 is 0 Å². The van der Waals surface area contributed by atoms with Crippen LogP contribution in [0.5, 0.6) is 0 Å². The van der Waals surface area contributed by atoms with Crippen molar-refractivity contribution in [3.05, 3.63) is 35.6 Å². The van der Waals surface area contributed by atoms with Crippen LogP contribution in [0, 0.1) is 5.82 Å². The summed E-state index contributed by atoms with van der Waals surface area (Å²) >= 11 is 0. The molecule has 0 aliphatic carbocycles. The minimum Gasteiger partial charge on any atom is -0.335 e. The van der Waals surface area contributed by atoms with Crippen molar-refractivity contribution in [2.45, 2.75) is 31.8 Å². The predicted octanol–water partition coefficient (Wildman–Crippen LogP) is 1.84. The van der Waals surface area contributed by atoms with Crippen molar-refractivity contribution in [1.82, 2.24) is 4.90 Å². The average Bonchev–Trinajstić information content (AvgIpc) is 2.33. The summed E-state index contributed by atoms with van der Waals surface area (Å²) in [6.07, 6.45) is 1.68. The van der Waals surface area contributed by atoms with E-state index in [4.69, 9.17) is 5.73 Å². The molecule has 1 heterocycles. The molecule has 0 unspecified atom stereocenters. The van der Waals surface area contributed by atoms with Gasteiger partial charge in [-0.1, -0.05) is 12.1 Å². The van der Waals surface area contributed by atoms with Crippen molar-refractivity contribution in [2.75, 3.05) is 6.54 Å². The minimum atomic E-state index is -0.383. The van der Waals surface area contributed by atoms with E-state index in [-0.39, 0.29) is 23.8 Å². The molecule has 1 aromatic carbocycles. The third kappa shape index (κ3) is 2.47. The molecule has 1 fully saturated rings. The third-order valence-corrected chi connectivity index (χ3v) is 3.33. The topological polar surface area (TPSA) is 46.3 Å². The molecule has 1 aliphatic heterocycles. The number of hydrogen-bond donors (Lipinski definition) is 1. The first-order valence-corrected chi connectivity index (χ1v) is 5.91. The average molecular weight is 236 g/mol. The lowest BCUT2D eigenvalue weighted by atomic mass is 10.0. The van der Waals surface area contributed by atoms with Crippen molar-refractivity contribution in [2.24, 2.45) is 5.73 Å². The summed E-state index contributed by atoms with van der Waals surface area (Å²) < 4.78 is 12.8. The Labute approximate surface area is 100 Å². The second-order valence-electron chi connectivity index (χ2n) is 4.51. The van der Waals surface area contributed by atoms with Crippen LogP contribution in [0.1, 0.15) is 31.4 Å². The molecular formula is C13H17FN2O. The molecule has 2 atom stereocenters. The normalized spacial score (nSPS) is 22.6. The summed E-state index contributed by atoms with van der Waals surface area (Å²) in [6, 6.07) is 5.84. The lowest BCUT2D eigenvalue weighted by molar-refractivity contribution is -0.137. The maximum absolute atomic E-state index is 12.8. The Morgan fingerprint density at radius 2 is 2.06 bits per heavy atom. The number of piperidine rings is 1. The number of likely N-dealkylation sites (tertiary alicyclic amines) is 1. The highest BCUT2D eigenvalue weighted by Gasteiger charge is 2.29. The number of carbonyl (C=O) groups excluding carboxylic acids is 1. The van der Waals surface area contributed by atoms with Crippen molar-refractivity contribution in [3.63, 3.8) is 0 Å². The molecule has 1 aliphatic rings. The van der Waals surface area contributed by atoms with Gasteiger partial charge in [-0.15, -0.1) is 0 Å². The predicted molar refractivity (Wildman–Crippen MR) is 63.7 cm³/mol.